The fourth-order valence-corrected chi connectivity index (χ4v) is 7.25. The molecule has 2 heterocycles. The van der Waals surface area contributed by atoms with E-state index in [0.717, 1.165) is 7.14 Å². The van der Waals surface area contributed by atoms with E-state index in [9.17, 15) is 14.4 Å². The van der Waals surface area contributed by atoms with Crippen molar-refractivity contribution in [1.82, 2.24) is 4.57 Å². The van der Waals surface area contributed by atoms with Crippen molar-refractivity contribution in [3.8, 4) is 17.2 Å². The maximum Gasteiger partial charge on any atom is 0.338 e. The molecular weight excluding hydrogens is 750 g/mol. The van der Waals surface area contributed by atoms with E-state index in [-0.39, 0.29) is 17.7 Å². The normalized spacial score (nSPS) is 14.9. The van der Waals surface area contributed by atoms with Crippen molar-refractivity contribution < 1.29 is 28.5 Å². The van der Waals surface area contributed by atoms with E-state index < -0.39 is 18.0 Å². The number of hydrogen-bond acceptors (Lipinski definition) is 9. The van der Waals surface area contributed by atoms with Crippen LogP contribution >= 0.6 is 56.5 Å². The molecule has 1 atom stereocenters. The molecule has 1 aliphatic rings. The highest BCUT2D eigenvalue weighted by atomic mass is 127. The zero-order valence-electron chi connectivity index (χ0n) is 21.7. The van der Waals surface area contributed by atoms with E-state index in [1.165, 1.54) is 37.0 Å². The first-order valence-electron chi connectivity index (χ1n) is 11.7. The molecular formula is C27H24I2N2O7S. The Bertz CT molecular complexity index is 1690. The number of halogens is 2. The zero-order valence-corrected chi connectivity index (χ0v) is 26.8. The first-order chi connectivity index (χ1) is 18.6. The number of rotatable bonds is 7. The van der Waals surface area contributed by atoms with E-state index >= 15 is 0 Å². The Labute approximate surface area is 255 Å². The highest BCUT2D eigenvalue weighted by Crippen LogP contribution is 2.36. The van der Waals surface area contributed by atoms with Crippen LogP contribution in [-0.4, -0.2) is 37.3 Å². The number of allylic oxidation sites excluding steroid dienone is 1. The van der Waals surface area contributed by atoms with Crippen LogP contribution in [0.3, 0.4) is 0 Å². The van der Waals surface area contributed by atoms with E-state index in [2.05, 4.69) is 50.2 Å². The summed E-state index contributed by atoms with van der Waals surface area (Å²) in [6.07, 6.45) is 1.68. The summed E-state index contributed by atoms with van der Waals surface area (Å²) in [5.74, 6) is 0.312. The van der Waals surface area contributed by atoms with Gasteiger partial charge in [-0.2, -0.15) is 0 Å². The molecule has 0 spiro atoms. The number of esters is 2. The predicted octanol–water partition coefficient (Wildman–Crippen LogP) is 3.95. The van der Waals surface area contributed by atoms with Crippen LogP contribution in [0.15, 0.2) is 51.4 Å². The number of thiazole rings is 1. The van der Waals surface area contributed by atoms with Crippen molar-refractivity contribution >= 4 is 74.5 Å². The zero-order chi connectivity index (χ0) is 28.4. The molecule has 0 fully saturated rings. The predicted molar refractivity (Wildman–Crippen MR) is 163 cm³/mol. The summed E-state index contributed by atoms with van der Waals surface area (Å²) in [6.45, 7) is 4.94. The number of aromatic nitrogens is 1. The second-order valence-corrected chi connectivity index (χ2v) is 11.7. The quantitative estimate of drug-likeness (QED) is 0.204. The largest absolute Gasteiger partial charge is 0.493 e. The van der Waals surface area contributed by atoms with Gasteiger partial charge in [-0.15, -0.1) is 0 Å². The molecule has 1 aliphatic heterocycles. The number of ether oxygens (including phenoxy) is 4. The van der Waals surface area contributed by atoms with Crippen LogP contribution in [0.4, 0.5) is 0 Å². The van der Waals surface area contributed by atoms with Gasteiger partial charge in [0.2, 0.25) is 0 Å². The maximum atomic E-state index is 14.0. The minimum atomic E-state index is -0.814. The lowest BCUT2D eigenvalue weighted by Gasteiger charge is -2.25. The Morgan fingerprint density at radius 1 is 1.13 bits per heavy atom. The Kier molecular flexibility index (Phi) is 9.16. The molecule has 0 bridgehead atoms. The Balaban J connectivity index is 2.00. The van der Waals surface area contributed by atoms with Gasteiger partial charge in [0.15, 0.2) is 22.0 Å². The first-order valence-corrected chi connectivity index (χ1v) is 14.7. The summed E-state index contributed by atoms with van der Waals surface area (Å²) in [5.41, 5.74) is 1.56. The standard InChI is InChI=1S/C27H24I2N2O7S/c1-6-37-26(34)22-13(2)30-27-31(23(22)15-7-8-19(35-4)20(10-15)36-5)25(33)21(39-27)11-16-9-17(28)12-18(29)24(16)38-14(3)32/h7-12,23H,6H2,1-5H3/b21-11-/t23-/m0/s1. The Hall–Kier alpha value is -2.72. The summed E-state index contributed by atoms with van der Waals surface area (Å²) in [7, 11) is 3.05. The molecule has 0 N–H and O–H groups in total. The van der Waals surface area contributed by atoms with Gasteiger partial charge in [0.25, 0.3) is 5.56 Å². The van der Waals surface area contributed by atoms with Crippen LogP contribution < -0.4 is 29.1 Å². The monoisotopic (exact) mass is 774 g/mol. The third-order valence-electron chi connectivity index (χ3n) is 5.81. The molecule has 39 heavy (non-hydrogen) atoms. The molecule has 9 nitrogen and oxygen atoms in total. The minimum absolute atomic E-state index is 0.170. The van der Waals surface area contributed by atoms with Crippen LogP contribution in [0, 0.1) is 7.14 Å². The van der Waals surface area contributed by atoms with Gasteiger partial charge in [-0.3, -0.25) is 14.2 Å². The van der Waals surface area contributed by atoms with E-state index in [4.69, 9.17) is 18.9 Å². The fraction of sp³-hybridized carbons (Fsp3) is 0.259. The van der Waals surface area contributed by atoms with Crippen LogP contribution in [0.2, 0.25) is 0 Å². The van der Waals surface area contributed by atoms with Gasteiger partial charge in [-0.1, -0.05) is 17.4 Å². The molecule has 0 saturated carbocycles. The average molecular weight is 774 g/mol. The number of carbonyl (C=O) groups is 2. The molecule has 4 rings (SSSR count). The van der Waals surface area contributed by atoms with Gasteiger partial charge in [0.05, 0.1) is 46.2 Å². The topological polar surface area (TPSA) is 105 Å². The molecule has 0 radical (unpaired) electrons. The summed E-state index contributed by atoms with van der Waals surface area (Å²) >= 11 is 5.45. The number of hydrogen-bond donors (Lipinski definition) is 0. The van der Waals surface area contributed by atoms with Crippen LogP contribution in [0.25, 0.3) is 6.08 Å². The van der Waals surface area contributed by atoms with Crippen LogP contribution in [-0.2, 0) is 14.3 Å². The fourth-order valence-electron chi connectivity index (χ4n) is 4.21. The molecule has 12 heteroatoms. The number of nitrogens with zero attached hydrogens (tertiary/aromatic N) is 2. The van der Waals surface area contributed by atoms with Crippen molar-refractivity contribution in [2.75, 3.05) is 20.8 Å². The second kappa shape index (κ2) is 12.2. The van der Waals surface area contributed by atoms with E-state index in [1.54, 1.807) is 38.1 Å². The van der Waals surface area contributed by atoms with E-state index in [1.807, 2.05) is 12.1 Å². The van der Waals surface area contributed by atoms with Gasteiger partial charge in [0.1, 0.15) is 0 Å². The lowest BCUT2D eigenvalue weighted by atomic mass is 9.95. The third-order valence-corrected chi connectivity index (χ3v) is 8.22. The smallest absolute Gasteiger partial charge is 0.338 e. The van der Waals surface area contributed by atoms with Crippen molar-refractivity contribution in [1.29, 1.82) is 0 Å². The first kappa shape index (κ1) is 29.3. The van der Waals surface area contributed by atoms with Crippen molar-refractivity contribution in [3.05, 3.63) is 79.6 Å². The van der Waals surface area contributed by atoms with Gasteiger partial charge >= 0.3 is 11.9 Å². The average Bonchev–Trinajstić information content (AvgIpc) is 3.18. The minimum Gasteiger partial charge on any atom is -0.493 e. The Morgan fingerprint density at radius 3 is 2.49 bits per heavy atom. The summed E-state index contributed by atoms with van der Waals surface area (Å²) in [4.78, 5) is 43.9. The third kappa shape index (κ3) is 5.91. The van der Waals surface area contributed by atoms with Crippen molar-refractivity contribution in [3.63, 3.8) is 0 Å². The summed E-state index contributed by atoms with van der Waals surface area (Å²) < 4.78 is 25.2. The van der Waals surface area contributed by atoms with Crippen LogP contribution in [0.1, 0.15) is 37.9 Å². The molecule has 1 aromatic heterocycles. The maximum absolute atomic E-state index is 14.0. The highest BCUT2D eigenvalue weighted by Gasteiger charge is 2.34. The molecule has 0 aliphatic carbocycles. The highest BCUT2D eigenvalue weighted by molar-refractivity contribution is 14.1. The van der Waals surface area contributed by atoms with Crippen molar-refractivity contribution in [2.45, 2.75) is 26.8 Å². The van der Waals surface area contributed by atoms with Crippen LogP contribution in [0.5, 0.6) is 17.2 Å². The molecule has 2 aromatic carbocycles. The molecule has 0 amide bonds. The van der Waals surface area contributed by atoms with Gasteiger partial charge in [-0.25, -0.2) is 9.79 Å². The van der Waals surface area contributed by atoms with Gasteiger partial charge in [-0.05, 0) is 94.9 Å². The van der Waals surface area contributed by atoms with E-state index in [0.29, 0.717) is 43.4 Å². The molecule has 3 aromatic rings. The summed E-state index contributed by atoms with van der Waals surface area (Å²) in [5, 5.41) is 0. The summed E-state index contributed by atoms with van der Waals surface area (Å²) in [6, 6.07) is 8.14. The Morgan fingerprint density at radius 2 is 1.85 bits per heavy atom. The number of carbonyl (C=O) groups excluding carboxylic acids is 2. The number of benzene rings is 2. The lowest BCUT2D eigenvalue weighted by molar-refractivity contribution is -0.139. The van der Waals surface area contributed by atoms with Crippen molar-refractivity contribution in [2.24, 2.45) is 4.99 Å². The molecule has 0 saturated heterocycles. The number of fused-ring (bicyclic) bond motifs is 1. The van der Waals surface area contributed by atoms with Gasteiger partial charge < -0.3 is 18.9 Å². The lowest BCUT2D eigenvalue weighted by Crippen LogP contribution is -2.40. The molecule has 204 valence electrons. The van der Waals surface area contributed by atoms with Gasteiger partial charge in [0, 0.05) is 16.1 Å². The molecule has 0 unspecified atom stereocenters. The SMILES string of the molecule is CCOC(=O)C1=C(C)N=c2s/c(=C\c3cc(I)cc(I)c3OC(C)=O)c(=O)n2[C@H]1c1ccc(OC)c(OC)c1. The second-order valence-electron chi connectivity index (χ2n) is 8.32. The number of methoxy groups -OCH3 is 2.